The van der Waals surface area contributed by atoms with Gasteiger partial charge < -0.3 is 5.73 Å². The van der Waals surface area contributed by atoms with Crippen LogP contribution in [0.3, 0.4) is 0 Å². The van der Waals surface area contributed by atoms with E-state index in [9.17, 15) is 8.42 Å². The molecule has 0 saturated heterocycles. The number of hydrogen-bond donors (Lipinski definition) is 1. The Morgan fingerprint density at radius 3 is 2.90 bits per heavy atom. The minimum absolute atomic E-state index is 0.0784. The van der Waals surface area contributed by atoms with Crippen LogP contribution in [-0.2, 0) is 16.4 Å². The van der Waals surface area contributed by atoms with Crippen molar-refractivity contribution < 1.29 is 8.42 Å². The summed E-state index contributed by atoms with van der Waals surface area (Å²) in [4.78, 5) is 1.34. The molecule has 0 amide bonds. The first-order valence-corrected chi connectivity index (χ1v) is 9.24. The summed E-state index contributed by atoms with van der Waals surface area (Å²) in [5, 5.41) is 2.21. The van der Waals surface area contributed by atoms with Crippen molar-refractivity contribution in [3.05, 3.63) is 45.1 Å². The number of sulfonamides is 1. The highest BCUT2D eigenvalue weighted by molar-refractivity contribution is 7.89. The number of benzene rings is 1. The van der Waals surface area contributed by atoms with Crippen molar-refractivity contribution in [3.8, 4) is 0 Å². The molecular formula is C14H15ClN2O2S2. The topological polar surface area (TPSA) is 63.4 Å². The predicted molar refractivity (Wildman–Crippen MR) is 86.2 cm³/mol. The Labute approximate surface area is 133 Å². The van der Waals surface area contributed by atoms with E-state index < -0.39 is 10.0 Å². The van der Waals surface area contributed by atoms with Gasteiger partial charge in [0.05, 0.1) is 5.02 Å². The van der Waals surface area contributed by atoms with Crippen LogP contribution < -0.4 is 5.73 Å². The van der Waals surface area contributed by atoms with Gasteiger partial charge >= 0.3 is 0 Å². The summed E-state index contributed by atoms with van der Waals surface area (Å²) in [6.45, 7) is 2.37. The molecule has 21 heavy (non-hydrogen) atoms. The normalized spacial score (nSPS) is 19.4. The van der Waals surface area contributed by atoms with Crippen LogP contribution in [0.5, 0.6) is 0 Å². The van der Waals surface area contributed by atoms with Gasteiger partial charge in [0.2, 0.25) is 10.0 Å². The van der Waals surface area contributed by atoms with Gasteiger partial charge in [0, 0.05) is 23.2 Å². The number of nitrogens with two attached hydrogens (primary N) is 1. The smallest absolute Gasteiger partial charge is 0.245 e. The highest BCUT2D eigenvalue weighted by Crippen LogP contribution is 2.37. The van der Waals surface area contributed by atoms with E-state index in [0.29, 0.717) is 12.2 Å². The number of halogens is 1. The molecule has 0 fully saturated rings. The van der Waals surface area contributed by atoms with Crippen LogP contribution in [0.15, 0.2) is 34.5 Å². The average Bonchev–Trinajstić information content (AvgIpc) is 2.91. The molecule has 7 heteroatoms. The Morgan fingerprint density at radius 1 is 1.38 bits per heavy atom. The van der Waals surface area contributed by atoms with Gasteiger partial charge in [-0.1, -0.05) is 11.6 Å². The zero-order chi connectivity index (χ0) is 15.2. The van der Waals surface area contributed by atoms with Crippen LogP contribution in [0.1, 0.15) is 23.4 Å². The van der Waals surface area contributed by atoms with Crippen molar-refractivity contribution >= 4 is 38.6 Å². The first kappa shape index (κ1) is 14.8. The summed E-state index contributed by atoms with van der Waals surface area (Å²) < 4.78 is 27.3. The van der Waals surface area contributed by atoms with E-state index in [1.165, 1.54) is 21.3 Å². The van der Waals surface area contributed by atoms with Gasteiger partial charge in [0.25, 0.3) is 0 Å². The van der Waals surface area contributed by atoms with E-state index in [0.717, 1.165) is 12.0 Å². The van der Waals surface area contributed by atoms with Crippen LogP contribution in [0.4, 0.5) is 5.69 Å². The SMILES string of the molecule is CC1c2ccsc2CCN1S(=O)(=O)c1cc(N)ccc1Cl. The highest BCUT2D eigenvalue weighted by atomic mass is 35.5. The zero-order valence-corrected chi connectivity index (χ0v) is 13.8. The van der Waals surface area contributed by atoms with Crippen LogP contribution >= 0.6 is 22.9 Å². The number of hydrogen-bond acceptors (Lipinski definition) is 4. The molecule has 112 valence electrons. The summed E-state index contributed by atoms with van der Waals surface area (Å²) in [7, 11) is -3.66. The van der Waals surface area contributed by atoms with Gasteiger partial charge in [-0.05, 0) is 48.6 Å². The van der Waals surface area contributed by atoms with Crippen molar-refractivity contribution in [2.45, 2.75) is 24.3 Å². The molecule has 0 bridgehead atoms. The monoisotopic (exact) mass is 342 g/mol. The molecule has 0 aliphatic carbocycles. The maximum Gasteiger partial charge on any atom is 0.245 e. The molecule has 0 radical (unpaired) electrons. The van der Waals surface area contributed by atoms with E-state index in [1.54, 1.807) is 17.4 Å². The van der Waals surface area contributed by atoms with Gasteiger partial charge in [-0.25, -0.2) is 8.42 Å². The molecule has 1 aliphatic heterocycles. The molecule has 0 saturated carbocycles. The fourth-order valence-electron chi connectivity index (χ4n) is 2.66. The predicted octanol–water partition coefficient (Wildman–Crippen LogP) is 3.29. The Morgan fingerprint density at radius 2 is 2.14 bits per heavy atom. The minimum Gasteiger partial charge on any atom is -0.399 e. The molecule has 3 rings (SSSR count). The second-order valence-electron chi connectivity index (χ2n) is 5.03. The maximum absolute atomic E-state index is 12.9. The first-order valence-electron chi connectivity index (χ1n) is 6.54. The molecular weight excluding hydrogens is 328 g/mol. The van der Waals surface area contributed by atoms with Gasteiger partial charge in [-0.2, -0.15) is 4.31 Å². The third-order valence-electron chi connectivity index (χ3n) is 3.76. The van der Waals surface area contributed by atoms with E-state index in [1.807, 2.05) is 18.4 Å². The van der Waals surface area contributed by atoms with Gasteiger partial charge in [-0.15, -0.1) is 11.3 Å². The lowest BCUT2D eigenvalue weighted by atomic mass is 10.0. The molecule has 1 aromatic carbocycles. The van der Waals surface area contributed by atoms with E-state index in [-0.39, 0.29) is 16.0 Å². The second kappa shape index (κ2) is 5.28. The van der Waals surface area contributed by atoms with E-state index in [2.05, 4.69) is 0 Å². The number of anilines is 1. The Balaban J connectivity index is 2.05. The third kappa shape index (κ3) is 2.46. The molecule has 2 N–H and O–H groups in total. The van der Waals surface area contributed by atoms with Crippen LogP contribution in [0.25, 0.3) is 0 Å². The quantitative estimate of drug-likeness (QED) is 0.852. The number of rotatable bonds is 2. The Bertz CT molecular complexity index is 786. The van der Waals surface area contributed by atoms with Crippen molar-refractivity contribution in [1.82, 2.24) is 4.31 Å². The Hall–Kier alpha value is -1.08. The van der Waals surface area contributed by atoms with Crippen LogP contribution in [-0.4, -0.2) is 19.3 Å². The molecule has 1 atom stereocenters. The lowest BCUT2D eigenvalue weighted by Gasteiger charge is -2.32. The molecule has 1 aromatic heterocycles. The summed E-state index contributed by atoms with van der Waals surface area (Å²) >= 11 is 7.74. The van der Waals surface area contributed by atoms with Crippen molar-refractivity contribution in [3.63, 3.8) is 0 Å². The number of fused-ring (bicyclic) bond motifs is 1. The van der Waals surface area contributed by atoms with Gasteiger partial charge in [0.15, 0.2) is 0 Å². The standard InChI is InChI=1S/C14H15ClN2O2S2/c1-9-11-5-7-20-13(11)4-6-17(9)21(18,19)14-8-10(16)2-3-12(14)15/h2-3,5,7-9H,4,6,16H2,1H3. The molecule has 1 aliphatic rings. The summed E-state index contributed by atoms with van der Waals surface area (Å²) in [5.74, 6) is 0. The first-order chi connectivity index (χ1) is 9.91. The molecule has 2 heterocycles. The largest absolute Gasteiger partial charge is 0.399 e. The molecule has 1 unspecified atom stereocenters. The van der Waals surface area contributed by atoms with Gasteiger partial charge in [-0.3, -0.25) is 0 Å². The second-order valence-corrected chi connectivity index (χ2v) is 8.30. The van der Waals surface area contributed by atoms with Crippen LogP contribution in [0, 0.1) is 0 Å². The minimum atomic E-state index is -3.66. The fraction of sp³-hybridized carbons (Fsp3) is 0.286. The molecule has 4 nitrogen and oxygen atoms in total. The number of nitrogens with zero attached hydrogens (tertiary/aromatic N) is 1. The zero-order valence-electron chi connectivity index (χ0n) is 11.4. The Kier molecular flexibility index (Phi) is 3.73. The van der Waals surface area contributed by atoms with E-state index in [4.69, 9.17) is 17.3 Å². The number of nitrogen functional groups attached to an aromatic ring is 1. The lowest BCUT2D eigenvalue weighted by molar-refractivity contribution is 0.329. The van der Waals surface area contributed by atoms with E-state index >= 15 is 0 Å². The van der Waals surface area contributed by atoms with Crippen molar-refractivity contribution in [2.75, 3.05) is 12.3 Å². The fourth-order valence-corrected chi connectivity index (χ4v) is 5.75. The van der Waals surface area contributed by atoms with Crippen molar-refractivity contribution in [2.24, 2.45) is 0 Å². The molecule has 0 spiro atoms. The summed E-state index contributed by atoms with van der Waals surface area (Å²) in [6, 6.07) is 6.34. The lowest BCUT2D eigenvalue weighted by Crippen LogP contribution is -2.38. The third-order valence-corrected chi connectivity index (χ3v) is 7.21. The maximum atomic E-state index is 12.9. The summed E-state index contributed by atoms with van der Waals surface area (Å²) in [5.41, 5.74) is 7.17. The van der Waals surface area contributed by atoms with Gasteiger partial charge in [0.1, 0.15) is 4.90 Å². The molecule has 2 aromatic rings. The summed E-state index contributed by atoms with van der Waals surface area (Å²) in [6.07, 6.45) is 0.733. The highest BCUT2D eigenvalue weighted by Gasteiger charge is 2.35. The average molecular weight is 343 g/mol. The van der Waals surface area contributed by atoms with Crippen molar-refractivity contribution in [1.29, 1.82) is 0 Å². The number of thiophene rings is 1. The van der Waals surface area contributed by atoms with Crippen LogP contribution in [0.2, 0.25) is 5.02 Å².